The number of aromatic nitrogens is 1. The van der Waals surface area contributed by atoms with Crippen molar-refractivity contribution in [1.82, 2.24) is 4.98 Å². The molecule has 2 aromatic carbocycles. The van der Waals surface area contributed by atoms with Gasteiger partial charge in [0.1, 0.15) is 12.4 Å². The van der Waals surface area contributed by atoms with Gasteiger partial charge in [-0.05, 0) is 55.2 Å². The van der Waals surface area contributed by atoms with Gasteiger partial charge in [0.2, 0.25) is 0 Å². The van der Waals surface area contributed by atoms with E-state index >= 15 is 0 Å². The Labute approximate surface area is 194 Å². The Bertz CT molecular complexity index is 1030. The van der Waals surface area contributed by atoms with Gasteiger partial charge in [-0.25, -0.2) is 0 Å². The number of hydrogen-bond acceptors (Lipinski definition) is 5. The Kier molecular flexibility index (Phi) is 9.00. The number of hydrogen-bond donors (Lipinski definition) is 1. The highest BCUT2D eigenvalue weighted by molar-refractivity contribution is 5.98. The molecule has 0 aliphatic carbocycles. The van der Waals surface area contributed by atoms with Crippen LogP contribution in [0.15, 0.2) is 78.1 Å². The number of oxime groups is 1. The van der Waals surface area contributed by atoms with Crippen LogP contribution in [-0.2, 0) is 16.1 Å². The summed E-state index contributed by atoms with van der Waals surface area (Å²) in [5, 5.41) is 13.5. The summed E-state index contributed by atoms with van der Waals surface area (Å²) in [4.78, 5) is 21.1. The fraction of sp³-hybridized carbons (Fsp3) is 0.296. The first-order chi connectivity index (χ1) is 16.1. The number of carboxylic acid groups (broad SMARTS) is 1. The molecule has 6 heteroatoms. The Balaban J connectivity index is 1.42. The monoisotopic (exact) mass is 446 g/mol. The van der Waals surface area contributed by atoms with E-state index in [1.54, 1.807) is 6.20 Å². The molecule has 0 amide bonds. The number of carboxylic acids is 1. The lowest BCUT2D eigenvalue weighted by atomic mass is 9.95. The Morgan fingerprint density at radius 2 is 1.79 bits per heavy atom. The minimum Gasteiger partial charge on any atom is -0.490 e. The Hall–Kier alpha value is -3.67. The lowest BCUT2D eigenvalue weighted by Crippen LogP contribution is -2.16. The van der Waals surface area contributed by atoms with Crippen LogP contribution in [0, 0.1) is 5.92 Å². The molecule has 0 saturated carbocycles. The van der Waals surface area contributed by atoms with Gasteiger partial charge in [-0.2, -0.15) is 0 Å². The first-order valence-corrected chi connectivity index (χ1v) is 11.2. The highest BCUT2D eigenvalue weighted by Crippen LogP contribution is 2.19. The summed E-state index contributed by atoms with van der Waals surface area (Å²) >= 11 is 0. The second kappa shape index (κ2) is 12.4. The van der Waals surface area contributed by atoms with Crippen molar-refractivity contribution in [2.24, 2.45) is 11.1 Å². The molecule has 0 saturated heterocycles. The van der Waals surface area contributed by atoms with E-state index in [1.807, 2.05) is 80.6 Å². The number of pyridine rings is 1. The summed E-state index contributed by atoms with van der Waals surface area (Å²) in [5.41, 5.74) is 4.74. The van der Waals surface area contributed by atoms with Crippen LogP contribution in [0.1, 0.15) is 37.8 Å². The largest absolute Gasteiger partial charge is 0.490 e. The molecular formula is C27H30N2O4. The average Bonchev–Trinajstić information content (AvgIpc) is 2.85. The predicted octanol–water partition coefficient (Wildman–Crippen LogP) is 5.61. The number of carbonyl (C=O) groups is 1. The normalized spacial score (nSPS) is 12.2. The first-order valence-electron chi connectivity index (χ1n) is 11.2. The first kappa shape index (κ1) is 24.0. The van der Waals surface area contributed by atoms with E-state index in [-0.39, 0.29) is 5.92 Å². The molecule has 0 spiro atoms. The third-order valence-electron chi connectivity index (χ3n) is 5.30. The molecule has 0 fully saturated rings. The van der Waals surface area contributed by atoms with Crippen molar-refractivity contribution >= 4 is 11.7 Å². The van der Waals surface area contributed by atoms with Crippen molar-refractivity contribution in [3.05, 3.63) is 84.1 Å². The van der Waals surface area contributed by atoms with Crippen LogP contribution in [0.5, 0.6) is 5.75 Å². The van der Waals surface area contributed by atoms with E-state index in [4.69, 9.17) is 9.57 Å². The fourth-order valence-electron chi connectivity index (χ4n) is 3.48. The molecule has 0 bridgehead atoms. The van der Waals surface area contributed by atoms with Gasteiger partial charge < -0.3 is 14.7 Å². The summed E-state index contributed by atoms with van der Waals surface area (Å²) in [7, 11) is 0. The second-order valence-corrected chi connectivity index (χ2v) is 7.82. The summed E-state index contributed by atoms with van der Waals surface area (Å²) in [6, 6.07) is 21.4. The number of ether oxygens (including phenoxy) is 1. The van der Waals surface area contributed by atoms with Gasteiger partial charge in [0.05, 0.1) is 17.3 Å². The maximum Gasteiger partial charge on any atom is 0.306 e. The second-order valence-electron chi connectivity index (χ2n) is 7.82. The van der Waals surface area contributed by atoms with E-state index in [9.17, 15) is 9.90 Å². The minimum absolute atomic E-state index is 0.322. The quantitative estimate of drug-likeness (QED) is 0.222. The van der Waals surface area contributed by atoms with Gasteiger partial charge in [-0.3, -0.25) is 9.78 Å². The van der Waals surface area contributed by atoms with Gasteiger partial charge in [-0.15, -0.1) is 0 Å². The van der Waals surface area contributed by atoms with Crippen LogP contribution in [0.25, 0.3) is 11.3 Å². The molecule has 3 aromatic rings. The van der Waals surface area contributed by atoms with Crippen molar-refractivity contribution in [3.8, 4) is 17.0 Å². The molecule has 0 radical (unpaired) electrons. The molecule has 6 nitrogen and oxygen atoms in total. The molecule has 172 valence electrons. The van der Waals surface area contributed by atoms with Crippen LogP contribution >= 0.6 is 0 Å². The molecule has 1 unspecified atom stereocenters. The lowest BCUT2D eigenvalue weighted by molar-refractivity contribution is -0.141. The van der Waals surface area contributed by atoms with Gasteiger partial charge in [0, 0.05) is 11.8 Å². The van der Waals surface area contributed by atoms with Crippen LogP contribution in [-0.4, -0.2) is 35.0 Å². The van der Waals surface area contributed by atoms with Gasteiger partial charge in [-0.1, -0.05) is 61.0 Å². The topological polar surface area (TPSA) is 81.0 Å². The van der Waals surface area contributed by atoms with Crippen LogP contribution in [0.2, 0.25) is 0 Å². The summed E-state index contributed by atoms with van der Waals surface area (Å²) < 4.78 is 5.70. The van der Waals surface area contributed by atoms with Crippen LogP contribution < -0.4 is 4.74 Å². The van der Waals surface area contributed by atoms with E-state index in [0.717, 1.165) is 40.3 Å². The average molecular weight is 447 g/mol. The predicted molar refractivity (Wildman–Crippen MR) is 130 cm³/mol. The van der Waals surface area contributed by atoms with Gasteiger partial charge in [0.25, 0.3) is 0 Å². The van der Waals surface area contributed by atoms with Crippen LogP contribution in [0.4, 0.5) is 0 Å². The molecule has 1 aromatic heterocycles. The fourth-order valence-corrected chi connectivity index (χ4v) is 3.48. The Morgan fingerprint density at radius 1 is 1.03 bits per heavy atom. The minimum atomic E-state index is -0.741. The zero-order valence-electron chi connectivity index (χ0n) is 19.1. The SMILES string of the molecule is CCCC(Cc1ccc(OCCO/N=C(/C)c2ccc(-c3ccccn3)cc2)cc1)C(=O)O. The zero-order chi connectivity index (χ0) is 23.5. The summed E-state index contributed by atoms with van der Waals surface area (Å²) in [6.07, 6.45) is 3.85. The zero-order valence-corrected chi connectivity index (χ0v) is 19.1. The maximum absolute atomic E-state index is 11.3. The van der Waals surface area contributed by atoms with Crippen molar-refractivity contribution in [2.75, 3.05) is 13.2 Å². The van der Waals surface area contributed by atoms with Crippen molar-refractivity contribution in [1.29, 1.82) is 0 Å². The van der Waals surface area contributed by atoms with Crippen molar-refractivity contribution in [3.63, 3.8) is 0 Å². The van der Waals surface area contributed by atoms with E-state index in [2.05, 4.69) is 10.1 Å². The molecule has 0 aliphatic rings. The number of rotatable bonds is 12. The molecule has 0 aliphatic heterocycles. The van der Waals surface area contributed by atoms with Gasteiger partial charge in [0.15, 0.2) is 6.61 Å². The smallest absolute Gasteiger partial charge is 0.306 e. The Morgan fingerprint density at radius 3 is 2.42 bits per heavy atom. The van der Waals surface area contributed by atoms with E-state index in [0.29, 0.717) is 26.1 Å². The summed E-state index contributed by atoms with van der Waals surface area (Å²) in [6.45, 7) is 4.59. The maximum atomic E-state index is 11.3. The standard InChI is InChI=1S/C27H30N2O4/c1-3-6-24(27(30)31)19-21-8-14-25(15-9-21)32-17-18-33-29-20(2)22-10-12-23(13-11-22)26-7-4-5-16-28-26/h4-5,7-16,24H,3,6,17-19H2,1-2H3,(H,30,31)/b29-20-. The van der Waals surface area contributed by atoms with E-state index in [1.165, 1.54) is 0 Å². The summed E-state index contributed by atoms with van der Waals surface area (Å²) in [5.74, 6) is -0.368. The van der Waals surface area contributed by atoms with Crippen molar-refractivity contribution < 1.29 is 19.5 Å². The molecular weight excluding hydrogens is 416 g/mol. The number of nitrogens with zero attached hydrogens (tertiary/aromatic N) is 2. The van der Waals surface area contributed by atoms with Crippen molar-refractivity contribution in [2.45, 2.75) is 33.1 Å². The van der Waals surface area contributed by atoms with E-state index < -0.39 is 5.97 Å². The highest BCUT2D eigenvalue weighted by Gasteiger charge is 2.16. The lowest BCUT2D eigenvalue weighted by Gasteiger charge is -2.12. The molecule has 1 heterocycles. The van der Waals surface area contributed by atoms with Crippen LogP contribution in [0.3, 0.4) is 0 Å². The third-order valence-corrected chi connectivity index (χ3v) is 5.30. The van der Waals surface area contributed by atoms with Gasteiger partial charge >= 0.3 is 5.97 Å². The highest BCUT2D eigenvalue weighted by atomic mass is 16.6. The molecule has 3 rings (SSSR count). The molecule has 33 heavy (non-hydrogen) atoms. The number of aliphatic carboxylic acids is 1. The molecule has 1 atom stereocenters. The molecule has 1 N–H and O–H groups in total. The number of benzene rings is 2. The third kappa shape index (κ3) is 7.45.